The van der Waals surface area contributed by atoms with Crippen molar-refractivity contribution in [3.05, 3.63) is 12.2 Å². The molecule has 0 saturated carbocycles. The summed E-state index contributed by atoms with van der Waals surface area (Å²) in [5.41, 5.74) is 0. The SMILES string of the molecule is CCCCCCCC/C=C\CCCCCCCC(=O)OC(O)[C@H](O)[C@@H](O)[C@H](O)[C@H](O)CO. The average Bonchev–Trinajstić information content (AvgIpc) is 2.79. The van der Waals surface area contributed by atoms with E-state index in [2.05, 4.69) is 23.8 Å². The predicted molar refractivity (Wildman–Crippen MR) is 123 cm³/mol. The van der Waals surface area contributed by atoms with Gasteiger partial charge in [0.15, 0.2) is 0 Å². The Morgan fingerprint density at radius 2 is 1.22 bits per heavy atom. The van der Waals surface area contributed by atoms with Gasteiger partial charge in [0.1, 0.15) is 24.4 Å². The first-order chi connectivity index (χ1) is 15.3. The van der Waals surface area contributed by atoms with Crippen molar-refractivity contribution in [2.75, 3.05) is 6.61 Å². The molecule has 0 fully saturated rings. The van der Waals surface area contributed by atoms with E-state index in [-0.39, 0.29) is 6.42 Å². The molecule has 190 valence electrons. The van der Waals surface area contributed by atoms with E-state index in [1.54, 1.807) is 0 Å². The van der Waals surface area contributed by atoms with Gasteiger partial charge < -0.3 is 35.4 Å². The van der Waals surface area contributed by atoms with Crippen LogP contribution in [0.5, 0.6) is 0 Å². The van der Waals surface area contributed by atoms with Crippen LogP contribution in [0.4, 0.5) is 0 Å². The van der Waals surface area contributed by atoms with E-state index >= 15 is 0 Å². The van der Waals surface area contributed by atoms with Crippen LogP contribution in [0.1, 0.15) is 96.8 Å². The first-order valence-corrected chi connectivity index (χ1v) is 12.2. The maximum absolute atomic E-state index is 11.7. The second kappa shape index (κ2) is 20.6. The fourth-order valence-corrected chi connectivity index (χ4v) is 3.31. The Morgan fingerprint density at radius 3 is 1.75 bits per heavy atom. The molecule has 0 spiro atoms. The van der Waals surface area contributed by atoms with Crippen molar-refractivity contribution >= 4 is 5.97 Å². The third-order valence-electron chi connectivity index (χ3n) is 5.47. The highest BCUT2D eigenvalue weighted by molar-refractivity contribution is 5.69. The summed E-state index contributed by atoms with van der Waals surface area (Å²) in [7, 11) is 0. The van der Waals surface area contributed by atoms with Gasteiger partial charge in [-0.3, -0.25) is 4.79 Å². The van der Waals surface area contributed by atoms with Gasteiger partial charge >= 0.3 is 5.97 Å². The summed E-state index contributed by atoms with van der Waals surface area (Å²) in [6.07, 6.45) is 9.72. The number of rotatable bonds is 21. The maximum atomic E-state index is 11.7. The van der Waals surface area contributed by atoms with E-state index in [1.165, 1.54) is 38.5 Å². The fourth-order valence-electron chi connectivity index (χ4n) is 3.31. The molecule has 0 aromatic rings. The monoisotopic (exact) mass is 462 g/mol. The Balaban J connectivity index is 3.70. The summed E-state index contributed by atoms with van der Waals surface area (Å²) >= 11 is 0. The largest absolute Gasteiger partial charge is 0.433 e. The van der Waals surface area contributed by atoms with Gasteiger partial charge in [-0.1, -0.05) is 70.4 Å². The lowest BCUT2D eigenvalue weighted by atomic mass is 10.0. The van der Waals surface area contributed by atoms with Gasteiger partial charge in [-0.2, -0.15) is 0 Å². The Kier molecular flexibility index (Phi) is 19.9. The molecule has 0 rings (SSSR count). The van der Waals surface area contributed by atoms with Crippen LogP contribution in [0.25, 0.3) is 0 Å². The second-order valence-corrected chi connectivity index (χ2v) is 8.44. The van der Waals surface area contributed by atoms with Crippen LogP contribution >= 0.6 is 0 Å². The van der Waals surface area contributed by atoms with Crippen LogP contribution in [0.15, 0.2) is 12.2 Å². The van der Waals surface area contributed by atoms with E-state index in [9.17, 15) is 30.3 Å². The first kappa shape index (κ1) is 31.0. The molecule has 1 unspecified atom stereocenters. The number of unbranched alkanes of at least 4 members (excludes halogenated alkanes) is 11. The second-order valence-electron chi connectivity index (χ2n) is 8.44. The number of allylic oxidation sites excluding steroid dienone is 2. The molecule has 0 aliphatic carbocycles. The normalized spacial score (nSPS) is 16.6. The molecule has 0 bridgehead atoms. The number of esters is 1. The van der Waals surface area contributed by atoms with E-state index in [4.69, 9.17) is 5.11 Å². The average molecular weight is 463 g/mol. The molecule has 0 aliphatic heterocycles. The molecule has 8 heteroatoms. The summed E-state index contributed by atoms with van der Waals surface area (Å²) in [6, 6.07) is 0. The van der Waals surface area contributed by atoms with Crippen molar-refractivity contribution in [3.63, 3.8) is 0 Å². The minimum atomic E-state index is -2.04. The summed E-state index contributed by atoms with van der Waals surface area (Å²) in [5.74, 6) is -0.724. The lowest BCUT2D eigenvalue weighted by molar-refractivity contribution is -0.213. The van der Waals surface area contributed by atoms with Gasteiger partial charge in [0, 0.05) is 6.42 Å². The van der Waals surface area contributed by atoms with Gasteiger partial charge in [-0.25, -0.2) is 0 Å². The van der Waals surface area contributed by atoms with E-state index in [0.29, 0.717) is 6.42 Å². The maximum Gasteiger partial charge on any atom is 0.308 e. The molecular weight excluding hydrogens is 416 g/mol. The van der Waals surface area contributed by atoms with Crippen molar-refractivity contribution < 1.29 is 40.2 Å². The quantitative estimate of drug-likeness (QED) is 0.0659. The molecule has 0 saturated heterocycles. The number of ether oxygens (including phenoxy) is 1. The third kappa shape index (κ3) is 15.7. The topological polar surface area (TPSA) is 148 Å². The Labute approximate surface area is 192 Å². The van der Waals surface area contributed by atoms with Crippen LogP contribution in [-0.4, -0.2) is 73.9 Å². The first-order valence-electron chi connectivity index (χ1n) is 12.2. The van der Waals surface area contributed by atoms with Gasteiger partial charge in [0.05, 0.1) is 6.61 Å². The highest BCUT2D eigenvalue weighted by Crippen LogP contribution is 2.13. The number of carbonyl (C=O) groups excluding carboxylic acids is 1. The number of aliphatic hydroxyl groups excluding tert-OH is 6. The highest BCUT2D eigenvalue weighted by atomic mass is 16.6. The predicted octanol–water partition coefficient (Wildman–Crippen LogP) is 2.32. The van der Waals surface area contributed by atoms with Crippen molar-refractivity contribution in [2.24, 2.45) is 0 Å². The Hall–Kier alpha value is -1.03. The summed E-state index contributed by atoms with van der Waals surface area (Å²) in [6.45, 7) is 1.39. The van der Waals surface area contributed by atoms with Gasteiger partial charge in [-0.05, 0) is 32.1 Å². The van der Waals surface area contributed by atoms with Gasteiger partial charge in [0.25, 0.3) is 0 Å². The minimum Gasteiger partial charge on any atom is -0.433 e. The molecule has 0 aromatic carbocycles. The molecule has 0 aromatic heterocycles. The Morgan fingerprint density at radius 1 is 0.719 bits per heavy atom. The third-order valence-corrected chi connectivity index (χ3v) is 5.47. The van der Waals surface area contributed by atoms with Crippen LogP contribution in [0.2, 0.25) is 0 Å². The lowest BCUT2D eigenvalue weighted by Gasteiger charge is -2.28. The van der Waals surface area contributed by atoms with E-state index in [1.807, 2.05) is 0 Å². The van der Waals surface area contributed by atoms with Crippen LogP contribution in [-0.2, 0) is 9.53 Å². The smallest absolute Gasteiger partial charge is 0.308 e. The fraction of sp³-hybridized carbons (Fsp3) is 0.875. The highest BCUT2D eigenvalue weighted by Gasteiger charge is 2.35. The van der Waals surface area contributed by atoms with E-state index in [0.717, 1.165) is 38.5 Å². The van der Waals surface area contributed by atoms with Gasteiger partial charge in [0.2, 0.25) is 6.29 Å². The molecule has 5 atom stereocenters. The number of aliphatic hydroxyl groups is 6. The zero-order valence-corrected chi connectivity index (χ0v) is 19.6. The van der Waals surface area contributed by atoms with Crippen LogP contribution in [0.3, 0.4) is 0 Å². The van der Waals surface area contributed by atoms with Crippen LogP contribution < -0.4 is 0 Å². The summed E-state index contributed by atoms with van der Waals surface area (Å²) < 4.78 is 4.66. The van der Waals surface area contributed by atoms with Crippen molar-refractivity contribution in [2.45, 2.75) is 128 Å². The van der Waals surface area contributed by atoms with Crippen molar-refractivity contribution in [3.8, 4) is 0 Å². The molecule has 8 nitrogen and oxygen atoms in total. The molecule has 0 radical (unpaired) electrons. The zero-order valence-electron chi connectivity index (χ0n) is 19.6. The van der Waals surface area contributed by atoms with Gasteiger partial charge in [-0.15, -0.1) is 0 Å². The molecule has 0 amide bonds. The molecular formula is C24H46O8. The molecule has 6 N–H and O–H groups in total. The lowest BCUT2D eigenvalue weighted by Crippen LogP contribution is -2.50. The molecule has 32 heavy (non-hydrogen) atoms. The number of hydrogen-bond acceptors (Lipinski definition) is 8. The van der Waals surface area contributed by atoms with Crippen LogP contribution in [0, 0.1) is 0 Å². The minimum absolute atomic E-state index is 0.0693. The number of hydrogen-bond donors (Lipinski definition) is 6. The summed E-state index contributed by atoms with van der Waals surface area (Å²) in [5, 5.41) is 56.5. The standard InChI is InChI=1S/C24H46O8/c1-2-3-4-5-6-7-8-9-10-11-12-13-14-15-16-17-20(27)32-24(31)23(30)22(29)21(28)19(26)18-25/h9-10,19,21-26,28-31H,2-8,11-18H2,1H3/b10-9-/t19-,21-,22+,23-,24?/m1/s1. The number of carbonyl (C=O) groups is 1. The summed E-state index contributed by atoms with van der Waals surface area (Å²) in [4.78, 5) is 11.7. The molecule has 0 aliphatic rings. The zero-order chi connectivity index (χ0) is 24.2. The Bertz CT molecular complexity index is 471. The van der Waals surface area contributed by atoms with E-state index < -0.39 is 43.3 Å². The van der Waals surface area contributed by atoms with Crippen molar-refractivity contribution in [1.82, 2.24) is 0 Å². The molecule has 0 heterocycles. The van der Waals surface area contributed by atoms with Crippen molar-refractivity contribution in [1.29, 1.82) is 0 Å².